The summed E-state index contributed by atoms with van der Waals surface area (Å²) in [7, 11) is 0. The van der Waals surface area contributed by atoms with Gasteiger partial charge in [0.2, 0.25) is 0 Å². The van der Waals surface area contributed by atoms with E-state index in [1.54, 1.807) is 0 Å². The van der Waals surface area contributed by atoms with Crippen LogP contribution in [0.5, 0.6) is 0 Å². The van der Waals surface area contributed by atoms with Crippen LogP contribution in [-0.2, 0) is 0 Å². The number of nitrogens with zero attached hydrogens (tertiary/aromatic N) is 2. The lowest BCUT2D eigenvalue weighted by Crippen LogP contribution is -2.19. The third-order valence-corrected chi connectivity index (χ3v) is 13.2. The van der Waals surface area contributed by atoms with Gasteiger partial charge >= 0.3 is 0 Å². The SMILES string of the molecule is C1=C(c2ccc3c4ccccc4n(-c4ccccc4)c3c2)C=C(N(c2ccc(-c3ccccc3)cc2-c2ccccc2)c2ccccc2-c2cccc3cccc(-c4ccccc4)c23)CC1. The highest BCUT2D eigenvalue weighted by molar-refractivity contribution is 6.11. The van der Waals surface area contributed by atoms with E-state index in [9.17, 15) is 0 Å². The fourth-order valence-electron chi connectivity index (χ4n) is 10.2. The maximum absolute atomic E-state index is 2.57. The fraction of sp³-hybridized carbons (Fsp3) is 0.0312. The molecule has 0 bridgehead atoms. The van der Waals surface area contributed by atoms with Crippen LogP contribution in [0, 0.1) is 0 Å². The Morgan fingerprint density at radius 3 is 1.70 bits per heavy atom. The number of rotatable bonds is 9. The van der Waals surface area contributed by atoms with Gasteiger partial charge in [0.25, 0.3) is 0 Å². The molecule has 10 aromatic carbocycles. The van der Waals surface area contributed by atoms with Gasteiger partial charge in [0.1, 0.15) is 0 Å². The molecule has 1 heterocycles. The van der Waals surface area contributed by atoms with Crippen LogP contribution in [0.4, 0.5) is 11.4 Å². The maximum Gasteiger partial charge on any atom is 0.0547 e. The molecular formula is C64H46N2. The highest BCUT2D eigenvalue weighted by atomic mass is 15.2. The first-order valence-corrected chi connectivity index (χ1v) is 23.0. The minimum atomic E-state index is 0.879. The van der Waals surface area contributed by atoms with Gasteiger partial charge in [-0.25, -0.2) is 0 Å². The van der Waals surface area contributed by atoms with Crippen molar-refractivity contribution in [2.75, 3.05) is 4.90 Å². The first-order chi connectivity index (χ1) is 32.8. The molecule has 0 unspecified atom stereocenters. The van der Waals surface area contributed by atoms with Crippen molar-refractivity contribution >= 4 is 49.5 Å². The predicted octanol–water partition coefficient (Wildman–Crippen LogP) is 17.5. The van der Waals surface area contributed by atoms with Gasteiger partial charge in [-0.15, -0.1) is 0 Å². The lowest BCUT2D eigenvalue weighted by atomic mass is 9.89. The minimum absolute atomic E-state index is 0.879. The average Bonchev–Trinajstić information content (AvgIpc) is 3.73. The van der Waals surface area contributed by atoms with Crippen molar-refractivity contribution in [1.29, 1.82) is 0 Å². The van der Waals surface area contributed by atoms with E-state index in [-0.39, 0.29) is 0 Å². The molecule has 2 nitrogen and oxygen atoms in total. The molecule has 0 amide bonds. The van der Waals surface area contributed by atoms with Crippen molar-refractivity contribution in [3.05, 3.63) is 266 Å². The summed E-state index contributed by atoms with van der Waals surface area (Å²) in [5.41, 5.74) is 19.1. The summed E-state index contributed by atoms with van der Waals surface area (Å²) >= 11 is 0. The van der Waals surface area contributed by atoms with Crippen molar-refractivity contribution < 1.29 is 0 Å². The Morgan fingerprint density at radius 1 is 0.364 bits per heavy atom. The fourth-order valence-corrected chi connectivity index (χ4v) is 10.2. The van der Waals surface area contributed by atoms with Gasteiger partial charge in [0.15, 0.2) is 0 Å². The molecule has 1 aliphatic rings. The van der Waals surface area contributed by atoms with Crippen LogP contribution in [0.1, 0.15) is 18.4 Å². The lowest BCUT2D eigenvalue weighted by Gasteiger charge is -2.34. The van der Waals surface area contributed by atoms with Crippen LogP contribution in [0.25, 0.3) is 88.3 Å². The minimum Gasteiger partial charge on any atom is -0.313 e. The van der Waals surface area contributed by atoms with Crippen molar-refractivity contribution in [2.24, 2.45) is 0 Å². The van der Waals surface area contributed by atoms with Gasteiger partial charge in [-0.05, 0) is 117 Å². The summed E-state index contributed by atoms with van der Waals surface area (Å²) in [6, 6.07) is 88.6. The van der Waals surface area contributed by atoms with Crippen LogP contribution in [0.3, 0.4) is 0 Å². The molecule has 0 saturated heterocycles. The van der Waals surface area contributed by atoms with Crippen LogP contribution < -0.4 is 4.90 Å². The van der Waals surface area contributed by atoms with Gasteiger partial charge in [0.05, 0.1) is 22.4 Å². The van der Waals surface area contributed by atoms with Crippen molar-refractivity contribution in [3.63, 3.8) is 0 Å². The molecule has 0 fully saturated rings. The molecule has 1 aromatic heterocycles. The summed E-state index contributed by atoms with van der Waals surface area (Å²) in [5, 5.41) is 4.99. The Labute approximate surface area is 386 Å². The normalized spacial score (nSPS) is 12.6. The molecule has 0 N–H and O–H groups in total. The molecule has 2 heteroatoms. The Hall–Kier alpha value is -8.46. The number of hydrogen-bond acceptors (Lipinski definition) is 1. The number of fused-ring (bicyclic) bond motifs is 4. The number of benzene rings is 10. The molecule has 312 valence electrons. The number of anilines is 2. The molecule has 12 rings (SSSR count). The van der Waals surface area contributed by atoms with E-state index in [4.69, 9.17) is 0 Å². The number of allylic oxidation sites excluding steroid dienone is 4. The van der Waals surface area contributed by atoms with Gasteiger partial charge in [-0.3, -0.25) is 0 Å². The van der Waals surface area contributed by atoms with Gasteiger partial charge < -0.3 is 9.47 Å². The van der Waals surface area contributed by atoms with Crippen LogP contribution in [0.15, 0.2) is 261 Å². The standard InChI is InChI=1S/C64H46N2/c1-5-20-45(21-6-1)50-39-41-62(59(43-50)47-24-9-3-10-25-47)66(61-37-16-14-33-56(61)58-35-19-27-48-26-18-34-54(64(48)58)46-22-7-2-8-23-46)53-31-17-28-49(42-53)51-38-40-57-55-32-13-15-36-60(55)65(63(57)44-51)52-29-11-4-12-30-52/h1-16,18-30,32-44H,17,31H2. The average molecular weight is 843 g/mol. The van der Waals surface area contributed by atoms with Gasteiger partial charge in [0, 0.05) is 33.3 Å². The Kier molecular flexibility index (Phi) is 10.0. The highest BCUT2D eigenvalue weighted by Crippen LogP contribution is 2.48. The van der Waals surface area contributed by atoms with E-state index in [0.717, 1.165) is 29.9 Å². The first kappa shape index (κ1) is 39.2. The molecule has 0 atom stereocenters. The van der Waals surface area contributed by atoms with Gasteiger partial charge in [-0.2, -0.15) is 0 Å². The molecule has 0 spiro atoms. The summed E-state index contributed by atoms with van der Waals surface area (Å²) in [6.45, 7) is 0. The number of para-hydroxylation sites is 3. The molecule has 0 aliphatic heterocycles. The predicted molar refractivity (Wildman–Crippen MR) is 280 cm³/mol. The first-order valence-electron chi connectivity index (χ1n) is 23.0. The molecule has 1 aliphatic carbocycles. The van der Waals surface area contributed by atoms with E-state index >= 15 is 0 Å². The monoisotopic (exact) mass is 842 g/mol. The smallest absolute Gasteiger partial charge is 0.0547 e. The summed E-state index contributed by atoms with van der Waals surface area (Å²) < 4.78 is 2.42. The number of aromatic nitrogens is 1. The van der Waals surface area contributed by atoms with E-state index < -0.39 is 0 Å². The molecule has 66 heavy (non-hydrogen) atoms. The lowest BCUT2D eigenvalue weighted by molar-refractivity contribution is 0.922. The summed E-state index contributed by atoms with van der Waals surface area (Å²) in [5.74, 6) is 0. The van der Waals surface area contributed by atoms with E-state index in [0.29, 0.717) is 0 Å². The van der Waals surface area contributed by atoms with Crippen molar-refractivity contribution in [2.45, 2.75) is 12.8 Å². The quantitative estimate of drug-likeness (QED) is 0.141. The third-order valence-electron chi connectivity index (χ3n) is 13.2. The number of hydrogen-bond donors (Lipinski definition) is 0. The molecule has 11 aromatic rings. The zero-order chi connectivity index (χ0) is 43.8. The van der Waals surface area contributed by atoms with Crippen molar-refractivity contribution in [3.8, 4) is 50.2 Å². The van der Waals surface area contributed by atoms with Crippen LogP contribution in [0.2, 0.25) is 0 Å². The third kappa shape index (κ3) is 7.01. The highest BCUT2D eigenvalue weighted by Gasteiger charge is 2.25. The van der Waals surface area contributed by atoms with Crippen LogP contribution in [-0.4, -0.2) is 4.57 Å². The molecule has 0 saturated carbocycles. The Balaban J connectivity index is 1.09. The zero-order valence-corrected chi connectivity index (χ0v) is 36.6. The van der Waals surface area contributed by atoms with Crippen LogP contribution >= 0.6 is 0 Å². The Bertz CT molecular complexity index is 3610. The van der Waals surface area contributed by atoms with E-state index in [2.05, 4.69) is 264 Å². The Morgan fingerprint density at radius 2 is 0.939 bits per heavy atom. The topological polar surface area (TPSA) is 8.17 Å². The summed E-state index contributed by atoms with van der Waals surface area (Å²) in [6.07, 6.45) is 6.67. The second-order valence-electron chi connectivity index (χ2n) is 17.1. The van der Waals surface area contributed by atoms with E-state index in [1.165, 1.54) is 93.9 Å². The largest absolute Gasteiger partial charge is 0.313 e. The summed E-state index contributed by atoms with van der Waals surface area (Å²) in [4.78, 5) is 2.57. The second kappa shape index (κ2) is 16.9. The van der Waals surface area contributed by atoms with Gasteiger partial charge in [-0.1, -0.05) is 206 Å². The second-order valence-corrected chi connectivity index (χ2v) is 17.1. The zero-order valence-electron chi connectivity index (χ0n) is 36.6. The molecular weight excluding hydrogens is 797 g/mol. The van der Waals surface area contributed by atoms with E-state index in [1.807, 2.05) is 0 Å². The maximum atomic E-state index is 2.57. The molecule has 0 radical (unpaired) electrons. The van der Waals surface area contributed by atoms with Crippen molar-refractivity contribution in [1.82, 2.24) is 4.57 Å².